The molecule has 2 fully saturated rings. The van der Waals surface area contributed by atoms with E-state index in [1.165, 1.54) is 6.08 Å². The van der Waals surface area contributed by atoms with Crippen molar-refractivity contribution < 1.29 is 14.3 Å². The summed E-state index contributed by atoms with van der Waals surface area (Å²) in [4.78, 5) is 34.8. The van der Waals surface area contributed by atoms with Gasteiger partial charge in [0.25, 0.3) is 0 Å². The summed E-state index contributed by atoms with van der Waals surface area (Å²) in [5.74, 6) is 0.684. The Morgan fingerprint density at radius 1 is 1.24 bits per heavy atom. The lowest BCUT2D eigenvalue weighted by atomic mass is 10.0. The standard InChI is InChI=1S/C34H40ClN7O3/c1-5-31(43)42-16-15-41(19-26(42)18-36-3)33-27-12-14-40(30-11-7-9-24-8-6-10-28(35)32(24)30)20-29(27)37-34(38-33)45-21-23(2)39(4)25-13-17-44-22-25/h5-11,23,25-26H,1,12-22H2,2,4H3/t23-,25?,26-/m0/s1. The lowest BCUT2D eigenvalue weighted by molar-refractivity contribution is -0.128. The van der Waals surface area contributed by atoms with Crippen LogP contribution in [0, 0.1) is 6.57 Å². The predicted molar refractivity (Wildman–Crippen MR) is 177 cm³/mol. The molecule has 2 saturated heterocycles. The molecule has 2 aromatic carbocycles. The number of hydrogen-bond acceptors (Lipinski definition) is 8. The Balaban J connectivity index is 1.31. The minimum atomic E-state index is -0.253. The van der Waals surface area contributed by atoms with Crippen LogP contribution in [-0.2, 0) is 22.5 Å². The largest absolute Gasteiger partial charge is 0.462 e. The van der Waals surface area contributed by atoms with Crippen molar-refractivity contribution in [2.45, 2.75) is 44.4 Å². The smallest absolute Gasteiger partial charge is 0.318 e. The van der Waals surface area contributed by atoms with Crippen LogP contribution < -0.4 is 14.5 Å². The SMILES string of the molecule is [C-]#[N+]C[C@H]1CN(c2nc(OC[C@H](C)N(C)C3CCOC3)nc3c2CCN(c2cccc4cccc(Cl)c24)C3)CCN1C(=O)C=C. The third kappa shape index (κ3) is 6.43. The van der Waals surface area contributed by atoms with E-state index in [0.717, 1.165) is 71.2 Å². The zero-order valence-electron chi connectivity index (χ0n) is 26.0. The van der Waals surface area contributed by atoms with Gasteiger partial charge in [-0.15, -0.1) is 0 Å². The van der Waals surface area contributed by atoms with Crippen LogP contribution in [0.15, 0.2) is 49.1 Å². The van der Waals surface area contributed by atoms with E-state index in [0.29, 0.717) is 44.8 Å². The average Bonchev–Trinajstić information content (AvgIpc) is 3.61. The van der Waals surface area contributed by atoms with Gasteiger partial charge in [0.05, 0.1) is 23.9 Å². The van der Waals surface area contributed by atoms with E-state index in [1.54, 1.807) is 4.90 Å². The fourth-order valence-electron chi connectivity index (χ4n) is 6.69. The molecule has 0 saturated carbocycles. The molecule has 0 bridgehead atoms. The Bertz CT molecular complexity index is 1600. The molecule has 1 amide bonds. The highest BCUT2D eigenvalue weighted by molar-refractivity contribution is 6.36. The molecule has 0 aliphatic carbocycles. The number of benzene rings is 2. The molecular formula is C34H40ClN7O3. The van der Waals surface area contributed by atoms with Crippen LogP contribution in [0.3, 0.4) is 0 Å². The van der Waals surface area contributed by atoms with Gasteiger partial charge in [-0.2, -0.15) is 9.97 Å². The number of carbonyl (C=O) groups is 1. The monoisotopic (exact) mass is 629 g/mol. The minimum Gasteiger partial charge on any atom is -0.462 e. The number of amides is 1. The summed E-state index contributed by atoms with van der Waals surface area (Å²) < 4.78 is 11.9. The molecule has 4 heterocycles. The number of nitrogens with zero attached hydrogens (tertiary/aromatic N) is 7. The minimum absolute atomic E-state index is 0.144. The van der Waals surface area contributed by atoms with Gasteiger partial charge in [0.15, 0.2) is 0 Å². The number of piperazine rings is 1. The molecule has 6 rings (SSSR count). The number of halogens is 1. The van der Waals surface area contributed by atoms with E-state index in [1.807, 2.05) is 12.1 Å². The number of rotatable bonds is 9. The van der Waals surface area contributed by atoms with Crippen LogP contribution in [0.5, 0.6) is 6.01 Å². The topological polar surface area (TPSA) is 78.6 Å². The molecule has 3 aromatic rings. The van der Waals surface area contributed by atoms with Crippen molar-refractivity contribution in [2.24, 2.45) is 0 Å². The molecule has 0 N–H and O–H groups in total. The van der Waals surface area contributed by atoms with E-state index in [2.05, 4.69) is 64.4 Å². The Hall–Kier alpha value is -3.91. The Morgan fingerprint density at radius 3 is 2.82 bits per heavy atom. The van der Waals surface area contributed by atoms with E-state index in [9.17, 15) is 4.79 Å². The molecule has 45 heavy (non-hydrogen) atoms. The molecule has 10 nitrogen and oxygen atoms in total. The number of fused-ring (bicyclic) bond motifs is 2. The van der Waals surface area contributed by atoms with Crippen molar-refractivity contribution in [3.63, 3.8) is 0 Å². The first-order valence-electron chi connectivity index (χ1n) is 15.6. The van der Waals surface area contributed by atoms with Crippen LogP contribution >= 0.6 is 11.6 Å². The number of hydrogen-bond donors (Lipinski definition) is 0. The van der Waals surface area contributed by atoms with E-state index in [-0.39, 0.29) is 24.5 Å². The molecule has 1 aromatic heterocycles. The molecule has 1 unspecified atom stereocenters. The number of ether oxygens (including phenoxy) is 2. The quantitative estimate of drug-likeness (QED) is 0.254. The van der Waals surface area contributed by atoms with Crippen molar-refractivity contribution in [1.29, 1.82) is 0 Å². The van der Waals surface area contributed by atoms with Crippen molar-refractivity contribution in [3.05, 3.63) is 76.8 Å². The van der Waals surface area contributed by atoms with Gasteiger partial charge >= 0.3 is 6.01 Å². The maximum Gasteiger partial charge on any atom is 0.318 e. The summed E-state index contributed by atoms with van der Waals surface area (Å²) in [5.41, 5.74) is 3.08. The molecule has 3 atom stereocenters. The Kier molecular flexibility index (Phi) is 9.40. The van der Waals surface area contributed by atoms with Gasteiger partial charge in [-0.1, -0.05) is 42.4 Å². The van der Waals surface area contributed by atoms with Crippen LogP contribution in [0.4, 0.5) is 11.5 Å². The summed E-state index contributed by atoms with van der Waals surface area (Å²) in [7, 11) is 2.11. The zero-order valence-corrected chi connectivity index (χ0v) is 26.7. The van der Waals surface area contributed by atoms with E-state index >= 15 is 0 Å². The van der Waals surface area contributed by atoms with Gasteiger partial charge in [-0.25, -0.2) is 6.57 Å². The van der Waals surface area contributed by atoms with E-state index < -0.39 is 0 Å². The van der Waals surface area contributed by atoms with Crippen LogP contribution in [0.2, 0.25) is 5.02 Å². The summed E-state index contributed by atoms with van der Waals surface area (Å²) in [5, 5.41) is 2.86. The number of carbonyl (C=O) groups excluding carboxylic acids is 1. The third-order valence-corrected chi connectivity index (χ3v) is 9.68. The van der Waals surface area contributed by atoms with Crippen molar-refractivity contribution in [1.82, 2.24) is 19.8 Å². The second-order valence-electron chi connectivity index (χ2n) is 12.1. The molecule has 3 aliphatic rings. The average molecular weight is 630 g/mol. The van der Waals surface area contributed by atoms with Gasteiger partial charge in [0, 0.05) is 61.5 Å². The fraction of sp³-hybridized carbons (Fsp3) is 0.471. The first-order valence-corrected chi connectivity index (χ1v) is 16.0. The van der Waals surface area contributed by atoms with Crippen LogP contribution in [0.1, 0.15) is 24.6 Å². The number of anilines is 2. The van der Waals surface area contributed by atoms with E-state index in [4.69, 9.17) is 37.6 Å². The van der Waals surface area contributed by atoms with Crippen molar-refractivity contribution in [3.8, 4) is 6.01 Å². The van der Waals surface area contributed by atoms with Crippen LogP contribution in [0.25, 0.3) is 15.6 Å². The highest BCUT2D eigenvalue weighted by Gasteiger charge is 2.35. The number of aromatic nitrogens is 2. The van der Waals surface area contributed by atoms with Crippen molar-refractivity contribution >= 4 is 39.8 Å². The highest BCUT2D eigenvalue weighted by atomic mass is 35.5. The lowest BCUT2D eigenvalue weighted by Gasteiger charge is -2.41. The molecule has 0 spiro atoms. The summed E-state index contributed by atoms with van der Waals surface area (Å²) in [6.07, 6.45) is 3.08. The first kappa shape index (κ1) is 31.1. The summed E-state index contributed by atoms with van der Waals surface area (Å²) >= 11 is 6.71. The van der Waals surface area contributed by atoms with Gasteiger partial charge in [0.2, 0.25) is 12.5 Å². The second-order valence-corrected chi connectivity index (χ2v) is 12.5. The normalized spacial score (nSPS) is 20.6. The molecule has 3 aliphatic heterocycles. The molecule has 236 valence electrons. The predicted octanol–water partition coefficient (Wildman–Crippen LogP) is 4.46. The zero-order chi connectivity index (χ0) is 31.5. The molecule has 11 heteroatoms. The van der Waals surface area contributed by atoms with Gasteiger partial charge < -0.3 is 29.0 Å². The maximum absolute atomic E-state index is 12.6. The Labute approximate surface area is 270 Å². The van der Waals surface area contributed by atoms with Gasteiger partial charge in [-0.3, -0.25) is 9.69 Å². The third-order valence-electron chi connectivity index (χ3n) is 9.37. The Morgan fingerprint density at radius 2 is 2.07 bits per heavy atom. The highest BCUT2D eigenvalue weighted by Crippen LogP contribution is 2.37. The number of likely N-dealkylation sites (N-methyl/N-ethyl adjacent to an activating group) is 1. The lowest BCUT2D eigenvalue weighted by Crippen LogP contribution is -2.56. The molecule has 0 radical (unpaired) electrons. The fourth-order valence-corrected chi connectivity index (χ4v) is 6.97. The maximum atomic E-state index is 12.6. The summed E-state index contributed by atoms with van der Waals surface area (Å²) in [6, 6.07) is 12.9. The van der Waals surface area contributed by atoms with Gasteiger partial charge in [0.1, 0.15) is 18.5 Å². The first-order chi connectivity index (χ1) is 21.9. The van der Waals surface area contributed by atoms with Crippen molar-refractivity contribution in [2.75, 3.05) is 69.4 Å². The van der Waals surface area contributed by atoms with Crippen LogP contribution in [-0.4, -0.2) is 103 Å². The summed E-state index contributed by atoms with van der Waals surface area (Å²) in [6.45, 7) is 18.5. The molecular weight excluding hydrogens is 590 g/mol. The second kappa shape index (κ2) is 13.6. The van der Waals surface area contributed by atoms with Gasteiger partial charge in [-0.05, 0) is 50.4 Å².